The van der Waals surface area contributed by atoms with E-state index in [1.54, 1.807) is 12.1 Å². The lowest BCUT2D eigenvalue weighted by molar-refractivity contribution is -0.137. The highest BCUT2D eigenvalue weighted by molar-refractivity contribution is 7.89. The molecule has 0 saturated heterocycles. The molecule has 1 heterocycles. The number of halogens is 4. The number of rotatable bonds is 9. The van der Waals surface area contributed by atoms with E-state index >= 15 is 0 Å². The summed E-state index contributed by atoms with van der Waals surface area (Å²) in [4.78, 5) is 15.4. The molecule has 2 aromatic carbocycles. The summed E-state index contributed by atoms with van der Waals surface area (Å²) in [6.45, 7) is 1.75. The molecule has 0 aliphatic heterocycles. The smallest absolute Gasteiger partial charge is 0.332 e. The van der Waals surface area contributed by atoms with E-state index < -0.39 is 51.0 Å². The van der Waals surface area contributed by atoms with Gasteiger partial charge in [-0.2, -0.15) is 17.5 Å². The predicted octanol–water partition coefficient (Wildman–Crippen LogP) is 5.60. The van der Waals surface area contributed by atoms with Crippen molar-refractivity contribution in [2.75, 3.05) is 6.54 Å². The number of aryl methyl sites for hydroxylation is 1. The summed E-state index contributed by atoms with van der Waals surface area (Å²) in [5.41, 5.74) is 0.571. The van der Waals surface area contributed by atoms with Crippen molar-refractivity contribution in [3.05, 3.63) is 87.4 Å². The van der Waals surface area contributed by atoms with Crippen LogP contribution in [0.1, 0.15) is 34.4 Å². The first-order valence-electron chi connectivity index (χ1n) is 11.2. The Hall–Kier alpha value is -2.76. The molecule has 1 amide bonds. The first-order valence-corrected chi connectivity index (χ1v) is 13.5. The normalized spacial score (nSPS) is 14.3. The Morgan fingerprint density at radius 3 is 2.33 bits per heavy atom. The Labute approximate surface area is 211 Å². The second-order valence-corrected chi connectivity index (χ2v) is 11.6. The van der Waals surface area contributed by atoms with Crippen LogP contribution in [0.15, 0.2) is 64.9 Å². The Morgan fingerprint density at radius 2 is 1.75 bits per heavy atom. The van der Waals surface area contributed by atoms with Crippen LogP contribution in [0.25, 0.3) is 0 Å². The molecule has 0 unspecified atom stereocenters. The Bertz CT molecular complexity index is 1330. The summed E-state index contributed by atoms with van der Waals surface area (Å²) in [6, 6.07) is 10.7. The van der Waals surface area contributed by atoms with Gasteiger partial charge in [-0.05, 0) is 72.7 Å². The van der Waals surface area contributed by atoms with Gasteiger partial charge in [0.1, 0.15) is 5.82 Å². The van der Waals surface area contributed by atoms with E-state index in [0.717, 1.165) is 32.9 Å². The summed E-state index contributed by atoms with van der Waals surface area (Å²) >= 11 is 1.46. The minimum Gasteiger partial charge on any atom is -0.332 e. The molecule has 0 radical (unpaired) electrons. The van der Waals surface area contributed by atoms with E-state index in [1.165, 1.54) is 28.4 Å². The Kier molecular flexibility index (Phi) is 7.53. The summed E-state index contributed by atoms with van der Waals surface area (Å²) in [5.74, 6) is -0.910. The first kappa shape index (κ1) is 26.3. The Morgan fingerprint density at radius 1 is 1.06 bits per heavy atom. The molecule has 0 atom stereocenters. The number of benzene rings is 2. The summed E-state index contributed by atoms with van der Waals surface area (Å²) < 4.78 is 80.7. The second kappa shape index (κ2) is 10.3. The van der Waals surface area contributed by atoms with Crippen LogP contribution in [0.2, 0.25) is 0 Å². The monoisotopic (exact) mass is 540 g/mol. The van der Waals surface area contributed by atoms with Crippen molar-refractivity contribution >= 4 is 27.3 Å². The number of hydrogen-bond acceptors (Lipinski definition) is 4. The molecule has 5 nitrogen and oxygen atoms in total. The molecular weight excluding hydrogens is 516 g/mol. The van der Waals surface area contributed by atoms with Crippen molar-refractivity contribution in [1.29, 1.82) is 0 Å². The van der Waals surface area contributed by atoms with Gasteiger partial charge in [-0.1, -0.05) is 18.2 Å². The molecule has 3 aromatic rings. The van der Waals surface area contributed by atoms with Crippen molar-refractivity contribution in [2.24, 2.45) is 0 Å². The van der Waals surface area contributed by atoms with E-state index in [4.69, 9.17) is 0 Å². The van der Waals surface area contributed by atoms with E-state index in [2.05, 4.69) is 0 Å². The number of alkyl halides is 3. The lowest BCUT2D eigenvalue weighted by Crippen LogP contribution is -2.43. The molecule has 4 rings (SSSR count). The zero-order chi connectivity index (χ0) is 26.1. The van der Waals surface area contributed by atoms with Gasteiger partial charge in [0.25, 0.3) is 0 Å². The molecule has 1 fully saturated rings. The lowest BCUT2D eigenvalue weighted by Gasteiger charge is -2.27. The number of sulfonamides is 1. The van der Waals surface area contributed by atoms with Crippen LogP contribution in [0, 0.1) is 12.7 Å². The number of carbonyl (C=O) groups excluding carboxylic acids is 1. The topological polar surface area (TPSA) is 57.7 Å². The highest BCUT2D eigenvalue weighted by atomic mass is 32.2. The number of hydrogen-bond donors (Lipinski definition) is 0. The molecule has 0 bridgehead atoms. The van der Waals surface area contributed by atoms with Crippen LogP contribution in [0.3, 0.4) is 0 Å². The van der Waals surface area contributed by atoms with Crippen LogP contribution in [0.4, 0.5) is 17.6 Å². The zero-order valence-electron chi connectivity index (χ0n) is 19.3. The maximum atomic E-state index is 13.5. The number of nitrogens with zero attached hydrogens (tertiary/aromatic N) is 2. The highest BCUT2D eigenvalue weighted by Crippen LogP contribution is 2.35. The number of amides is 1. The van der Waals surface area contributed by atoms with Gasteiger partial charge in [0.2, 0.25) is 15.9 Å². The van der Waals surface area contributed by atoms with Gasteiger partial charge in [-0.25, -0.2) is 12.8 Å². The quantitative estimate of drug-likeness (QED) is 0.332. The molecule has 1 aliphatic carbocycles. The highest BCUT2D eigenvalue weighted by Gasteiger charge is 2.41. The molecule has 11 heteroatoms. The van der Waals surface area contributed by atoms with E-state index in [-0.39, 0.29) is 13.1 Å². The van der Waals surface area contributed by atoms with Crippen LogP contribution in [-0.4, -0.2) is 36.1 Å². The van der Waals surface area contributed by atoms with Crippen molar-refractivity contribution < 1.29 is 30.8 Å². The fraction of sp³-hybridized carbons (Fsp3) is 0.320. The molecular formula is C25H24F4N2O3S2. The van der Waals surface area contributed by atoms with Gasteiger partial charge < -0.3 is 4.90 Å². The fourth-order valence-corrected chi connectivity index (χ4v) is 6.36. The predicted molar refractivity (Wildman–Crippen MR) is 128 cm³/mol. The van der Waals surface area contributed by atoms with E-state index in [0.29, 0.717) is 24.5 Å². The average Bonchev–Trinajstić information content (AvgIpc) is 3.59. The van der Waals surface area contributed by atoms with E-state index in [1.807, 2.05) is 18.4 Å². The summed E-state index contributed by atoms with van der Waals surface area (Å²) in [6.07, 6.45) is -3.66. The largest absolute Gasteiger partial charge is 0.416 e. The molecule has 0 spiro atoms. The molecule has 1 aromatic heterocycles. The SMILES string of the molecule is Cc1ccsc1CN(Cc1ccc(F)cc1)C(=O)CN(C1CC1)S(=O)(=O)c1cccc(C(F)(F)F)c1. The third-order valence-electron chi connectivity index (χ3n) is 5.96. The average molecular weight is 541 g/mol. The van der Waals surface area contributed by atoms with E-state index in [9.17, 15) is 30.8 Å². The van der Waals surface area contributed by atoms with Gasteiger partial charge >= 0.3 is 6.18 Å². The molecule has 0 N–H and O–H groups in total. The third kappa shape index (κ3) is 6.13. The van der Waals surface area contributed by atoms with Crippen molar-refractivity contribution in [2.45, 2.75) is 50.0 Å². The van der Waals surface area contributed by atoms with Gasteiger partial charge in [-0.3, -0.25) is 4.79 Å². The maximum absolute atomic E-state index is 13.5. The fourth-order valence-electron chi connectivity index (χ4n) is 3.76. The zero-order valence-corrected chi connectivity index (χ0v) is 21.0. The maximum Gasteiger partial charge on any atom is 0.416 e. The van der Waals surface area contributed by atoms with Gasteiger partial charge in [0, 0.05) is 17.5 Å². The van der Waals surface area contributed by atoms with Crippen LogP contribution in [0.5, 0.6) is 0 Å². The van der Waals surface area contributed by atoms with Crippen LogP contribution >= 0.6 is 11.3 Å². The minimum atomic E-state index is -4.70. The summed E-state index contributed by atoms with van der Waals surface area (Å²) in [7, 11) is -4.36. The van der Waals surface area contributed by atoms with Crippen LogP contribution in [-0.2, 0) is 34.1 Å². The lowest BCUT2D eigenvalue weighted by atomic mass is 10.2. The molecule has 36 heavy (non-hydrogen) atoms. The molecule has 192 valence electrons. The van der Waals surface area contributed by atoms with Crippen molar-refractivity contribution in [1.82, 2.24) is 9.21 Å². The molecule has 1 saturated carbocycles. The molecule has 1 aliphatic rings. The van der Waals surface area contributed by atoms with Gasteiger partial charge in [0.15, 0.2) is 0 Å². The second-order valence-electron chi connectivity index (χ2n) is 8.71. The number of thiophene rings is 1. The third-order valence-corrected chi connectivity index (χ3v) is 8.86. The van der Waals surface area contributed by atoms with Crippen molar-refractivity contribution in [3.8, 4) is 0 Å². The van der Waals surface area contributed by atoms with Gasteiger partial charge in [-0.15, -0.1) is 11.3 Å². The standard InChI is InChI=1S/C25H24F4N2O3S2/c1-17-11-12-35-23(17)15-30(14-18-5-7-20(26)8-6-18)24(32)16-31(21-9-10-21)36(33,34)22-4-2-3-19(13-22)25(27,28)29/h2-8,11-13,21H,9-10,14-16H2,1H3. The van der Waals surface area contributed by atoms with Crippen LogP contribution < -0.4 is 0 Å². The van der Waals surface area contributed by atoms with Crippen molar-refractivity contribution in [3.63, 3.8) is 0 Å². The Balaban J connectivity index is 1.61. The summed E-state index contributed by atoms with van der Waals surface area (Å²) in [5, 5.41) is 1.89. The van der Waals surface area contributed by atoms with Gasteiger partial charge in [0.05, 0.1) is 23.5 Å². The number of carbonyl (C=O) groups is 1. The minimum absolute atomic E-state index is 0.124. The first-order chi connectivity index (χ1) is 16.9.